The zero-order valence-electron chi connectivity index (χ0n) is 15.3. The molecule has 3 aromatic rings. The van der Waals surface area contributed by atoms with Crippen LogP contribution in [0.4, 0.5) is 5.82 Å². The van der Waals surface area contributed by atoms with E-state index in [1.807, 2.05) is 35.8 Å². The van der Waals surface area contributed by atoms with Crippen molar-refractivity contribution in [2.75, 3.05) is 12.4 Å². The molecule has 0 aliphatic rings. The third-order valence-electron chi connectivity index (χ3n) is 4.10. The maximum absolute atomic E-state index is 12.8. The van der Waals surface area contributed by atoms with Gasteiger partial charge in [0.15, 0.2) is 5.82 Å². The van der Waals surface area contributed by atoms with Gasteiger partial charge in [-0.1, -0.05) is 25.1 Å². The van der Waals surface area contributed by atoms with Crippen molar-refractivity contribution in [3.63, 3.8) is 0 Å². The molecule has 1 aromatic carbocycles. The molecular weight excluding hydrogens is 342 g/mol. The summed E-state index contributed by atoms with van der Waals surface area (Å²) < 4.78 is 7.07. The number of hydrogen-bond donors (Lipinski definition) is 1. The highest BCUT2D eigenvalue weighted by Gasteiger charge is 2.14. The first kappa shape index (κ1) is 18.3. The number of ether oxygens (including phenoxy) is 1. The van der Waals surface area contributed by atoms with Crippen LogP contribution < -0.4 is 10.1 Å². The van der Waals surface area contributed by atoms with Gasteiger partial charge in [-0.25, -0.2) is 4.98 Å². The molecule has 0 unspecified atom stereocenters. The van der Waals surface area contributed by atoms with Crippen molar-refractivity contribution in [1.82, 2.24) is 19.7 Å². The van der Waals surface area contributed by atoms with Gasteiger partial charge in [0.25, 0.3) is 5.91 Å². The highest BCUT2D eigenvalue weighted by Crippen LogP contribution is 2.21. The normalized spacial score (nSPS) is 10.4. The molecule has 0 fully saturated rings. The Morgan fingerprint density at radius 2 is 2.19 bits per heavy atom. The number of pyridine rings is 1. The first-order valence-corrected chi connectivity index (χ1v) is 8.60. The highest BCUT2D eigenvalue weighted by atomic mass is 16.5. The summed E-state index contributed by atoms with van der Waals surface area (Å²) in [6, 6.07) is 10.9. The molecule has 138 valence electrons. The smallest absolute Gasteiger partial charge is 0.257 e. The maximum Gasteiger partial charge on any atom is 0.257 e. The van der Waals surface area contributed by atoms with Crippen molar-refractivity contribution in [3.05, 3.63) is 66.5 Å². The molecule has 0 aliphatic heterocycles. The number of benzene rings is 1. The van der Waals surface area contributed by atoms with Crippen molar-refractivity contribution in [2.45, 2.75) is 19.9 Å². The van der Waals surface area contributed by atoms with Gasteiger partial charge in [-0.05, 0) is 36.2 Å². The summed E-state index contributed by atoms with van der Waals surface area (Å²) in [5.74, 6) is 1.46. The van der Waals surface area contributed by atoms with Crippen LogP contribution in [0.5, 0.6) is 5.75 Å². The fourth-order valence-electron chi connectivity index (χ4n) is 2.74. The lowest BCUT2D eigenvalue weighted by atomic mass is 10.0. The van der Waals surface area contributed by atoms with Crippen molar-refractivity contribution in [2.24, 2.45) is 0 Å². The van der Waals surface area contributed by atoms with Gasteiger partial charge in [-0.2, -0.15) is 0 Å². The van der Waals surface area contributed by atoms with Crippen LogP contribution in [0.3, 0.4) is 0 Å². The number of nitrogens with zero attached hydrogens (tertiary/aromatic N) is 4. The molecule has 0 atom stereocenters. The quantitative estimate of drug-likeness (QED) is 0.651. The highest BCUT2D eigenvalue weighted by molar-refractivity contribution is 6.05. The minimum absolute atomic E-state index is 0.233. The molecule has 0 saturated carbocycles. The van der Waals surface area contributed by atoms with Gasteiger partial charge in [-0.3, -0.25) is 4.79 Å². The number of carbonyl (C=O) groups is 1. The van der Waals surface area contributed by atoms with E-state index >= 15 is 0 Å². The molecule has 0 bridgehead atoms. The molecule has 0 spiro atoms. The van der Waals surface area contributed by atoms with E-state index in [0.717, 1.165) is 12.0 Å². The molecule has 1 N–H and O–H groups in total. The second kappa shape index (κ2) is 8.27. The molecule has 2 aromatic heterocycles. The first-order chi connectivity index (χ1) is 13.2. The Labute approximate surface area is 157 Å². The van der Waals surface area contributed by atoms with Crippen LogP contribution in [-0.2, 0) is 13.0 Å². The Bertz CT molecular complexity index is 965. The Kier molecular flexibility index (Phi) is 5.61. The van der Waals surface area contributed by atoms with E-state index in [1.54, 1.807) is 31.6 Å². The summed E-state index contributed by atoms with van der Waals surface area (Å²) in [5, 5.41) is 10.9. The lowest BCUT2D eigenvalue weighted by molar-refractivity contribution is 0.102. The van der Waals surface area contributed by atoms with Crippen LogP contribution in [0.15, 0.2) is 55.4 Å². The molecule has 3 rings (SSSR count). The largest absolute Gasteiger partial charge is 0.497 e. The minimum atomic E-state index is -0.233. The predicted octanol–water partition coefficient (Wildman–Crippen LogP) is 3.35. The van der Waals surface area contributed by atoms with E-state index < -0.39 is 0 Å². The Morgan fingerprint density at radius 3 is 2.93 bits per heavy atom. The van der Waals surface area contributed by atoms with Gasteiger partial charge in [0.05, 0.1) is 7.11 Å². The monoisotopic (exact) mass is 363 g/mol. The van der Waals surface area contributed by atoms with E-state index in [-0.39, 0.29) is 5.91 Å². The fourth-order valence-corrected chi connectivity index (χ4v) is 2.74. The molecule has 1 amide bonds. The van der Waals surface area contributed by atoms with E-state index in [9.17, 15) is 4.79 Å². The zero-order valence-corrected chi connectivity index (χ0v) is 15.3. The molecule has 27 heavy (non-hydrogen) atoms. The SMILES string of the molecule is C=CCn1cnnc1-c1cccc(NC(=O)c2cc(OC)ccc2CC)n1. The Morgan fingerprint density at radius 1 is 1.33 bits per heavy atom. The number of amides is 1. The molecule has 0 radical (unpaired) electrons. The fraction of sp³-hybridized carbons (Fsp3) is 0.200. The summed E-state index contributed by atoms with van der Waals surface area (Å²) >= 11 is 0. The summed E-state index contributed by atoms with van der Waals surface area (Å²) in [4.78, 5) is 17.3. The standard InChI is InChI=1S/C20H21N5O2/c1-4-11-25-13-21-24-19(25)17-7-6-8-18(22-17)23-20(26)16-12-15(27-3)10-9-14(16)5-2/h4,6-10,12-13H,1,5,11H2,2-3H3,(H,22,23,26). The van der Waals surface area contributed by atoms with Gasteiger partial charge in [0.1, 0.15) is 23.6 Å². The average Bonchev–Trinajstić information content (AvgIpc) is 3.16. The van der Waals surface area contributed by atoms with Gasteiger partial charge in [-0.15, -0.1) is 16.8 Å². The Balaban J connectivity index is 1.87. The third kappa shape index (κ3) is 4.03. The molecule has 0 saturated heterocycles. The van der Waals surface area contributed by atoms with Crippen LogP contribution in [-0.4, -0.2) is 32.8 Å². The van der Waals surface area contributed by atoms with Crippen LogP contribution >= 0.6 is 0 Å². The van der Waals surface area contributed by atoms with Gasteiger partial charge < -0.3 is 14.6 Å². The predicted molar refractivity (Wildman–Crippen MR) is 104 cm³/mol. The van der Waals surface area contributed by atoms with Crippen LogP contribution in [0, 0.1) is 0 Å². The van der Waals surface area contributed by atoms with Crippen LogP contribution in [0.2, 0.25) is 0 Å². The number of aromatic nitrogens is 4. The summed E-state index contributed by atoms with van der Waals surface area (Å²) in [7, 11) is 1.58. The lowest BCUT2D eigenvalue weighted by Gasteiger charge is -2.11. The minimum Gasteiger partial charge on any atom is -0.497 e. The number of allylic oxidation sites excluding steroid dienone is 1. The molecular formula is C20H21N5O2. The second-order valence-corrected chi connectivity index (χ2v) is 5.83. The maximum atomic E-state index is 12.8. The van der Waals surface area contributed by atoms with E-state index in [0.29, 0.717) is 35.2 Å². The number of carbonyl (C=O) groups excluding carboxylic acids is 1. The van der Waals surface area contributed by atoms with Crippen molar-refractivity contribution >= 4 is 11.7 Å². The third-order valence-corrected chi connectivity index (χ3v) is 4.10. The summed E-state index contributed by atoms with van der Waals surface area (Å²) in [6.07, 6.45) is 4.12. The van der Waals surface area contributed by atoms with Crippen molar-refractivity contribution in [3.8, 4) is 17.3 Å². The molecule has 7 nitrogen and oxygen atoms in total. The second-order valence-electron chi connectivity index (χ2n) is 5.83. The van der Waals surface area contributed by atoms with Crippen LogP contribution in [0.25, 0.3) is 11.5 Å². The molecule has 7 heteroatoms. The van der Waals surface area contributed by atoms with Crippen molar-refractivity contribution < 1.29 is 9.53 Å². The first-order valence-electron chi connectivity index (χ1n) is 8.60. The van der Waals surface area contributed by atoms with E-state index in [2.05, 4.69) is 27.1 Å². The topological polar surface area (TPSA) is 81.9 Å². The Hall–Kier alpha value is -3.48. The number of anilines is 1. The molecule has 2 heterocycles. The van der Waals surface area contributed by atoms with Gasteiger partial charge in [0, 0.05) is 12.1 Å². The lowest BCUT2D eigenvalue weighted by Crippen LogP contribution is -2.15. The molecule has 0 aliphatic carbocycles. The number of aryl methyl sites for hydroxylation is 1. The number of nitrogens with one attached hydrogen (secondary N) is 1. The summed E-state index contributed by atoms with van der Waals surface area (Å²) in [5.41, 5.74) is 2.13. The number of rotatable bonds is 7. The van der Waals surface area contributed by atoms with Gasteiger partial charge >= 0.3 is 0 Å². The average molecular weight is 363 g/mol. The van der Waals surface area contributed by atoms with E-state index in [1.165, 1.54) is 0 Å². The number of methoxy groups -OCH3 is 1. The van der Waals surface area contributed by atoms with E-state index in [4.69, 9.17) is 4.74 Å². The van der Waals surface area contributed by atoms with Crippen LogP contribution in [0.1, 0.15) is 22.8 Å². The zero-order chi connectivity index (χ0) is 19.2. The summed E-state index contributed by atoms with van der Waals surface area (Å²) in [6.45, 7) is 6.30. The number of hydrogen-bond acceptors (Lipinski definition) is 5. The van der Waals surface area contributed by atoms with Crippen molar-refractivity contribution in [1.29, 1.82) is 0 Å². The van der Waals surface area contributed by atoms with Gasteiger partial charge in [0.2, 0.25) is 0 Å².